The Labute approximate surface area is 207 Å². The Morgan fingerprint density at radius 2 is 1.44 bits per heavy atom. The number of ketones is 1. The number of rotatable bonds is 10. The van der Waals surface area contributed by atoms with Crippen LogP contribution in [-0.2, 0) is 9.53 Å². The first-order chi connectivity index (χ1) is 17.3. The molecular formula is C27H25F2NO6. The van der Waals surface area contributed by atoms with Gasteiger partial charge in [-0.15, -0.1) is 0 Å². The van der Waals surface area contributed by atoms with E-state index in [0.717, 1.165) is 18.2 Å². The third kappa shape index (κ3) is 6.04. The summed E-state index contributed by atoms with van der Waals surface area (Å²) >= 11 is 0. The van der Waals surface area contributed by atoms with Gasteiger partial charge in [0.15, 0.2) is 23.4 Å². The van der Waals surface area contributed by atoms with Crippen LogP contribution in [0.4, 0.5) is 14.5 Å². The number of halogens is 2. The number of carbonyl (C=O) groups is 3. The molecule has 1 amide bonds. The lowest BCUT2D eigenvalue weighted by Gasteiger charge is -2.16. The van der Waals surface area contributed by atoms with Gasteiger partial charge < -0.3 is 19.5 Å². The Kier molecular flexibility index (Phi) is 8.72. The molecule has 0 aliphatic carbocycles. The van der Waals surface area contributed by atoms with Crippen LogP contribution in [0.25, 0.3) is 0 Å². The SMILES string of the molecule is CCOc1ccc(C(=O)c2ccccc2C(=O)OC(C)C(=O)Nc2c(F)cccc2F)cc1OCC. The van der Waals surface area contributed by atoms with Crippen LogP contribution in [0.15, 0.2) is 60.7 Å². The molecule has 3 aromatic carbocycles. The lowest BCUT2D eigenvalue weighted by molar-refractivity contribution is -0.123. The second-order valence-electron chi connectivity index (χ2n) is 7.54. The number of benzene rings is 3. The number of ether oxygens (including phenoxy) is 3. The van der Waals surface area contributed by atoms with Crippen LogP contribution >= 0.6 is 0 Å². The molecule has 0 saturated carbocycles. The maximum absolute atomic E-state index is 13.8. The molecule has 0 fully saturated rings. The lowest BCUT2D eigenvalue weighted by Crippen LogP contribution is -2.31. The molecule has 0 radical (unpaired) electrons. The van der Waals surface area contributed by atoms with Crippen molar-refractivity contribution in [2.24, 2.45) is 0 Å². The van der Waals surface area contributed by atoms with Gasteiger partial charge in [0.1, 0.15) is 17.3 Å². The van der Waals surface area contributed by atoms with Crippen molar-refractivity contribution in [3.05, 3.63) is 89.0 Å². The number of hydrogen-bond acceptors (Lipinski definition) is 6. The number of para-hydroxylation sites is 1. The highest BCUT2D eigenvalue weighted by Gasteiger charge is 2.25. The Morgan fingerprint density at radius 1 is 0.833 bits per heavy atom. The van der Waals surface area contributed by atoms with E-state index in [9.17, 15) is 23.2 Å². The van der Waals surface area contributed by atoms with Gasteiger partial charge in [0.25, 0.3) is 5.91 Å². The summed E-state index contributed by atoms with van der Waals surface area (Å²) in [5, 5.41) is 2.07. The standard InChI is InChI=1S/C27H25F2NO6/c1-4-34-22-14-13-17(15-23(22)35-5-2)25(31)18-9-6-7-10-19(18)27(33)36-16(3)26(32)30-24-20(28)11-8-12-21(24)29/h6-16H,4-5H2,1-3H3,(H,30,32). The van der Waals surface area contributed by atoms with Gasteiger partial charge >= 0.3 is 5.97 Å². The summed E-state index contributed by atoms with van der Waals surface area (Å²) in [4.78, 5) is 38.5. The molecule has 9 heteroatoms. The Morgan fingerprint density at radius 3 is 2.08 bits per heavy atom. The summed E-state index contributed by atoms with van der Waals surface area (Å²) in [6.45, 7) is 5.64. The molecule has 0 spiro atoms. The highest BCUT2D eigenvalue weighted by Crippen LogP contribution is 2.30. The molecule has 0 bridgehead atoms. The van der Waals surface area contributed by atoms with Crippen LogP contribution < -0.4 is 14.8 Å². The van der Waals surface area contributed by atoms with E-state index in [1.807, 2.05) is 6.92 Å². The molecule has 0 aliphatic heterocycles. The van der Waals surface area contributed by atoms with Crippen LogP contribution in [0.1, 0.15) is 47.1 Å². The van der Waals surface area contributed by atoms with E-state index in [0.29, 0.717) is 24.7 Å². The van der Waals surface area contributed by atoms with Crippen LogP contribution in [0, 0.1) is 11.6 Å². The first-order valence-corrected chi connectivity index (χ1v) is 11.3. The van der Waals surface area contributed by atoms with Crippen molar-refractivity contribution in [1.82, 2.24) is 0 Å². The van der Waals surface area contributed by atoms with Gasteiger partial charge in [0.05, 0.1) is 18.8 Å². The molecule has 3 rings (SSSR count). The van der Waals surface area contributed by atoms with Gasteiger partial charge in [-0.2, -0.15) is 0 Å². The molecule has 1 unspecified atom stereocenters. The highest BCUT2D eigenvalue weighted by atomic mass is 19.1. The fraction of sp³-hybridized carbons (Fsp3) is 0.222. The maximum Gasteiger partial charge on any atom is 0.339 e. The van der Waals surface area contributed by atoms with Gasteiger partial charge in [-0.1, -0.05) is 24.3 Å². The number of nitrogens with one attached hydrogen (secondary N) is 1. The third-order valence-electron chi connectivity index (χ3n) is 5.06. The third-order valence-corrected chi connectivity index (χ3v) is 5.06. The number of esters is 1. The van der Waals surface area contributed by atoms with Gasteiger partial charge in [-0.05, 0) is 57.2 Å². The van der Waals surface area contributed by atoms with Crippen LogP contribution in [0.3, 0.4) is 0 Å². The Bertz CT molecular complexity index is 1260. The summed E-state index contributed by atoms with van der Waals surface area (Å²) in [7, 11) is 0. The average molecular weight is 497 g/mol. The van der Waals surface area contributed by atoms with Gasteiger partial charge in [0.2, 0.25) is 0 Å². The zero-order valence-corrected chi connectivity index (χ0v) is 20.0. The summed E-state index contributed by atoms with van der Waals surface area (Å²) in [5.41, 5.74) is -0.433. The van der Waals surface area contributed by atoms with Crippen molar-refractivity contribution < 1.29 is 37.4 Å². The van der Waals surface area contributed by atoms with E-state index in [1.165, 1.54) is 31.2 Å². The van der Waals surface area contributed by atoms with E-state index in [2.05, 4.69) is 5.32 Å². The molecule has 188 valence electrons. The number of anilines is 1. The molecular weight excluding hydrogens is 472 g/mol. The van der Waals surface area contributed by atoms with Crippen molar-refractivity contribution in [2.75, 3.05) is 18.5 Å². The van der Waals surface area contributed by atoms with Crippen LogP contribution in [0.2, 0.25) is 0 Å². The van der Waals surface area contributed by atoms with E-state index >= 15 is 0 Å². The predicted octanol–water partition coefficient (Wildman–Crippen LogP) is 5.18. The summed E-state index contributed by atoms with van der Waals surface area (Å²) in [6.07, 6.45) is -1.41. The van der Waals surface area contributed by atoms with Gasteiger partial charge in [-0.25, -0.2) is 13.6 Å². The Hall–Kier alpha value is -4.27. The smallest absolute Gasteiger partial charge is 0.339 e. The monoisotopic (exact) mass is 497 g/mol. The van der Waals surface area contributed by atoms with Crippen molar-refractivity contribution in [2.45, 2.75) is 26.9 Å². The summed E-state index contributed by atoms with van der Waals surface area (Å²) in [5.74, 6) is -3.45. The topological polar surface area (TPSA) is 90.9 Å². The molecule has 0 heterocycles. The quantitative estimate of drug-likeness (QED) is 0.307. The summed E-state index contributed by atoms with van der Waals surface area (Å²) in [6, 6.07) is 13.8. The van der Waals surface area contributed by atoms with E-state index in [4.69, 9.17) is 14.2 Å². The minimum absolute atomic E-state index is 0.0434. The average Bonchev–Trinajstić information content (AvgIpc) is 2.87. The largest absolute Gasteiger partial charge is 0.490 e. The second-order valence-corrected chi connectivity index (χ2v) is 7.54. The molecule has 7 nitrogen and oxygen atoms in total. The predicted molar refractivity (Wildman–Crippen MR) is 129 cm³/mol. The molecule has 3 aromatic rings. The molecule has 0 saturated heterocycles. The second kappa shape index (κ2) is 11.9. The fourth-order valence-corrected chi connectivity index (χ4v) is 3.33. The van der Waals surface area contributed by atoms with Gasteiger partial charge in [-0.3, -0.25) is 9.59 Å². The number of carbonyl (C=O) groups excluding carboxylic acids is 3. The zero-order chi connectivity index (χ0) is 26.2. The van der Waals surface area contributed by atoms with Gasteiger partial charge in [0, 0.05) is 11.1 Å². The molecule has 0 aromatic heterocycles. The van der Waals surface area contributed by atoms with E-state index < -0.39 is 41.1 Å². The minimum Gasteiger partial charge on any atom is -0.490 e. The molecule has 1 N–H and O–H groups in total. The summed E-state index contributed by atoms with van der Waals surface area (Å²) < 4.78 is 44.0. The van der Waals surface area contributed by atoms with Crippen molar-refractivity contribution in [3.8, 4) is 11.5 Å². The molecule has 0 aliphatic rings. The number of hydrogen-bond donors (Lipinski definition) is 1. The first-order valence-electron chi connectivity index (χ1n) is 11.3. The lowest BCUT2D eigenvalue weighted by atomic mass is 9.98. The molecule has 1 atom stereocenters. The fourth-order valence-electron chi connectivity index (χ4n) is 3.33. The minimum atomic E-state index is -1.41. The molecule has 36 heavy (non-hydrogen) atoms. The zero-order valence-electron chi connectivity index (χ0n) is 20.0. The Balaban J connectivity index is 1.81. The van der Waals surface area contributed by atoms with Crippen LogP contribution in [0.5, 0.6) is 11.5 Å². The maximum atomic E-state index is 13.8. The van der Waals surface area contributed by atoms with Crippen molar-refractivity contribution in [1.29, 1.82) is 0 Å². The number of amides is 1. The van der Waals surface area contributed by atoms with E-state index in [1.54, 1.807) is 25.1 Å². The normalized spacial score (nSPS) is 11.4. The van der Waals surface area contributed by atoms with Crippen molar-refractivity contribution in [3.63, 3.8) is 0 Å². The highest BCUT2D eigenvalue weighted by molar-refractivity contribution is 6.15. The van der Waals surface area contributed by atoms with E-state index in [-0.39, 0.29) is 16.7 Å². The van der Waals surface area contributed by atoms with Crippen molar-refractivity contribution >= 4 is 23.3 Å². The first kappa shape index (κ1) is 26.3. The van der Waals surface area contributed by atoms with Crippen LogP contribution in [-0.4, -0.2) is 37.0 Å².